The molecule has 0 aromatic heterocycles. The van der Waals surface area contributed by atoms with E-state index < -0.39 is 34.3 Å². The molecular weight excluding hydrogens is 600 g/mol. The van der Waals surface area contributed by atoms with Crippen molar-refractivity contribution in [1.82, 2.24) is 10.2 Å². The van der Waals surface area contributed by atoms with Crippen molar-refractivity contribution in [3.05, 3.63) is 99.8 Å². The summed E-state index contributed by atoms with van der Waals surface area (Å²) in [6.07, 6.45) is 6.05. The fraction of sp³-hybridized carbons (Fsp3) is 0.355. The third-order valence-corrected chi connectivity index (χ3v) is 9.24. The van der Waals surface area contributed by atoms with Gasteiger partial charge in [-0.05, 0) is 54.3 Å². The average Bonchev–Trinajstić information content (AvgIpc) is 2.96. The van der Waals surface area contributed by atoms with Crippen molar-refractivity contribution in [3.8, 4) is 0 Å². The molecule has 1 N–H and O–H groups in total. The van der Waals surface area contributed by atoms with Gasteiger partial charge in [0.1, 0.15) is 18.4 Å². The Balaban J connectivity index is 1.72. The molecule has 2 amide bonds. The summed E-state index contributed by atoms with van der Waals surface area (Å²) < 4.78 is 40.5. The van der Waals surface area contributed by atoms with Gasteiger partial charge in [0.15, 0.2) is 0 Å². The number of sulfonamides is 1. The second-order valence-electron chi connectivity index (χ2n) is 10.6. The predicted molar refractivity (Wildman–Crippen MR) is 165 cm³/mol. The number of benzene rings is 3. The first-order valence-electron chi connectivity index (χ1n) is 13.8. The van der Waals surface area contributed by atoms with Crippen LogP contribution in [0.1, 0.15) is 43.2 Å². The second kappa shape index (κ2) is 14.4. The summed E-state index contributed by atoms with van der Waals surface area (Å²) in [7, 11) is -3.95. The van der Waals surface area contributed by atoms with Gasteiger partial charge in [0.2, 0.25) is 21.8 Å². The standard InChI is InChI=1S/C31H34Cl2FN3O4S/c1-42(40,41)37(26-16-17-27(32)28(33)19-26)21-30(38)36(20-23-12-14-24(34)15-13-23)29(18-22-8-4-2-5-9-22)31(39)35-25-10-6-3-7-11-25/h2,4-5,8-9,12-17,19,25,29H,3,6-7,10-11,18,20-21H2,1H3,(H,35,39)/t29-/m1/s1. The van der Waals surface area contributed by atoms with Gasteiger partial charge in [0.05, 0.1) is 22.0 Å². The zero-order valence-corrected chi connectivity index (χ0v) is 25.6. The summed E-state index contributed by atoms with van der Waals surface area (Å²) in [5.41, 5.74) is 1.59. The lowest BCUT2D eigenvalue weighted by Gasteiger charge is -2.35. The molecule has 1 atom stereocenters. The number of amides is 2. The lowest BCUT2D eigenvalue weighted by molar-refractivity contribution is -0.140. The molecule has 0 saturated heterocycles. The van der Waals surface area contributed by atoms with E-state index in [-0.39, 0.29) is 40.6 Å². The van der Waals surface area contributed by atoms with Crippen LogP contribution in [0.15, 0.2) is 72.8 Å². The van der Waals surface area contributed by atoms with E-state index in [1.54, 1.807) is 12.1 Å². The van der Waals surface area contributed by atoms with E-state index in [2.05, 4.69) is 5.32 Å². The van der Waals surface area contributed by atoms with Crippen LogP contribution < -0.4 is 9.62 Å². The van der Waals surface area contributed by atoms with Crippen LogP contribution in [0.25, 0.3) is 0 Å². The van der Waals surface area contributed by atoms with Crippen LogP contribution >= 0.6 is 23.2 Å². The summed E-state index contributed by atoms with van der Waals surface area (Å²) in [6, 6.07) is 18.3. The molecule has 11 heteroatoms. The molecule has 0 heterocycles. The highest BCUT2D eigenvalue weighted by atomic mass is 35.5. The number of hydrogen-bond acceptors (Lipinski definition) is 4. The summed E-state index contributed by atoms with van der Waals surface area (Å²) in [5.74, 6) is -1.35. The minimum absolute atomic E-state index is 0.00368. The summed E-state index contributed by atoms with van der Waals surface area (Å²) in [6.45, 7) is -0.617. The molecule has 1 fully saturated rings. The molecule has 0 radical (unpaired) electrons. The number of hydrogen-bond donors (Lipinski definition) is 1. The maximum Gasteiger partial charge on any atom is 0.244 e. The molecule has 0 aliphatic heterocycles. The van der Waals surface area contributed by atoms with Gasteiger partial charge in [0.25, 0.3) is 0 Å². The van der Waals surface area contributed by atoms with Crippen LogP contribution in [-0.4, -0.2) is 50.0 Å². The Morgan fingerprint density at radius 2 is 1.60 bits per heavy atom. The summed E-state index contributed by atoms with van der Waals surface area (Å²) in [4.78, 5) is 29.4. The van der Waals surface area contributed by atoms with Crippen LogP contribution in [0.2, 0.25) is 10.0 Å². The minimum Gasteiger partial charge on any atom is -0.352 e. The average molecular weight is 635 g/mol. The highest BCUT2D eigenvalue weighted by Crippen LogP contribution is 2.29. The van der Waals surface area contributed by atoms with Gasteiger partial charge >= 0.3 is 0 Å². The summed E-state index contributed by atoms with van der Waals surface area (Å²) in [5, 5.41) is 3.51. The van der Waals surface area contributed by atoms with Gasteiger partial charge in [-0.25, -0.2) is 12.8 Å². The normalized spacial score (nSPS) is 14.7. The topological polar surface area (TPSA) is 86.8 Å². The number of nitrogens with zero attached hydrogens (tertiary/aromatic N) is 2. The van der Waals surface area contributed by atoms with Gasteiger partial charge in [-0.1, -0.05) is 84.9 Å². The van der Waals surface area contributed by atoms with Crippen LogP contribution in [-0.2, 0) is 32.6 Å². The first kappa shape index (κ1) is 31.8. The molecule has 224 valence electrons. The molecule has 1 aliphatic rings. The van der Waals surface area contributed by atoms with Crippen LogP contribution in [0.4, 0.5) is 10.1 Å². The number of carbonyl (C=O) groups is 2. The minimum atomic E-state index is -3.95. The molecule has 4 rings (SSSR count). The Bertz CT molecular complexity index is 1480. The van der Waals surface area contributed by atoms with E-state index in [9.17, 15) is 22.4 Å². The van der Waals surface area contributed by atoms with Crippen molar-refractivity contribution >= 4 is 50.7 Å². The van der Waals surface area contributed by atoms with Crippen molar-refractivity contribution in [1.29, 1.82) is 0 Å². The van der Waals surface area contributed by atoms with E-state index in [4.69, 9.17) is 23.2 Å². The maximum absolute atomic E-state index is 14.1. The smallest absolute Gasteiger partial charge is 0.244 e. The first-order chi connectivity index (χ1) is 20.0. The number of anilines is 1. The Labute approximate surface area is 256 Å². The number of nitrogens with one attached hydrogen (secondary N) is 1. The molecule has 3 aromatic carbocycles. The van der Waals surface area contributed by atoms with Crippen molar-refractivity contribution in [2.75, 3.05) is 17.1 Å². The van der Waals surface area contributed by atoms with Gasteiger partial charge < -0.3 is 10.2 Å². The zero-order valence-electron chi connectivity index (χ0n) is 23.3. The predicted octanol–water partition coefficient (Wildman–Crippen LogP) is 5.99. The summed E-state index contributed by atoms with van der Waals surface area (Å²) >= 11 is 12.2. The highest BCUT2D eigenvalue weighted by molar-refractivity contribution is 7.92. The number of carbonyl (C=O) groups excluding carboxylic acids is 2. The largest absolute Gasteiger partial charge is 0.352 e. The molecule has 42 heavy (non-hydrogen) atoms. The Hall–Kier alpha value is -3.14. The quantitative estimate of drug-likeness (QED) is 0.281. The van der Waals surface area contributed by atoms with Crippen LogP contribution in [0, 0.1) is 5.82 Å². The lowest BCUT2D eigenvalue weighted by Crippen LogP contribution is -2.55. The fourth-order valence-electron chi connectivity index (χ4n) is 5.14. The SMILES string of the molecule is CS(=O)(=O)N(CC(=O)N(Cc1ccc(F)cc1)[C@H](Cc1ccccc1)C(=O)NC1CCCCC1)c1ccc(Cl)c(Cl)c1. The monoisotopic (exact) mass is 633 g/mol. The van der Waals surface area contributed by atoms with E-state index in [0.717, 1.165) is 48.2 Å². The Morgan fingerprint density at radius 1 is 0.929 bits per heavy atom. The van der Waals surface area contributed by atoms with E-state index in [1.165, 1.54) is 35.2 Å². The molecule has 0 bridgehead atoms. The lowest BCUT2D eigenvalue weighted by atomic mass is 9.94. The van der Waals surface area contributed by atoms with E-state index >= 15 is 0 Å². The molecular formula is C31H34Cl2FN3O4S. The molecule has 1 saturated carbocycles. The van der Waals surface area contributed by atoms with E-state index in [1.807, 2.05) is 30.3 Å². The Kier molecular flexibility index (Phi) is 10.9. The van der Waals surface area contributed by atoms with Crippen molar-refractivity contribution < 1.29 is 22.4 Å². The molecule has 7 nitrogen and oxygen atoms in total. The van der Waals surface area contributed by atoms with Gasteiger partial charge in [0, 0.05) is 19.0 Å². The number of rotatable bonds is 11. The van der Waals surface area contributed by atoms with Crippen molar-refractivity contribution in [2.24, 2.45) is 0 Å². The fourth-order valence-corrected chi connectivity index (χ4v) is 6.27. The third-order valence-electron chi connectivity index (χ3n) is 7.36. The second-order valence-corrected chi connectivity index (χ2v) is 13.3. The highest BCUT2D eigenvalue weighted by Gasteiger charge is 2.34. The number of halogens is 3. The zero-order chi connectivity index (χ0) is 30.3. The van der Waals surface area contributed by atoms with E-state index in [0.29, 0.717) is 5.56 Å². The van der Waals surface area contributed by atoms with Gasteiger partial charge in [-0.3, -0.25) is 13.9 Å². The van der Waals surface area contributed by atoms with Gasteiger partial charge in [-0.2, -0.15) is 0 Å². The van der Waals surface area contributed by atoms with Crippen molar-refractivity contribution in [2.45, 2.75) is 57.2 Å². The van der Waals surface area contributed by atoms with Gasteiger partial charge in [-0.15, -0.1) is 0 Å². The molecule has 1 aliphatic carbocycles. The first-order valence-corrected chi connectivity index (χ1v) is 16.4. The van der Waals surface area contributed by atoms with Crippen molar-refractivity contribution in [3.63, 3.8) is 0 Å². The maximum atomic E-state index is 14.1. The molecule has 3 aromatic rings. The van der Waals surface area contributed by atoms with Crippen LogP contribution in [0.5, 0.6) is 0 Å². The van der Waals surface area contributed by atoms with Crippen LogP contribution in [0.3, 0.4) is 0 Å². The molecule has 0 unspecified atom stereocenters. The Morgan fingerprint density at radius 3 is 2.21 bits per heavy atom. The molecule has 0 spiro atoms. The third kappa shape index (κ3) is 8.69.